The van der Waals surface area contributed by atoms with Crippen LogP contribution in [0.1, 0.15) is 32.4 Å². The van der Waals surface area contributed by atoms with Crippen molar-refractivity contribution in [1.82, 2.24) is 24.8 Å². The first kappa shape index (κ1) is 19.3. The van der Waals surface area contributed by atoms with Gasteiger partial charge in [0.25, 0.3) is 5.56 Å². The minimum Gasteiger partial charge on any atom is -0.354 e. The minimum atomic E-state index is 0.0132. The maximum absolute atomic E-state index is 12.8. The molecule has 1 fully saturated rings. The number of hydrogen-bond donors (Lipinski definition) is 2. The molecular weight excluding hydrogens is 366 g/mol. The summed E-state index contributed by atoms with van der Waals surface area (Å²) in [5.74, 6) is 1.42. The van der Waals surface area contributed by atoms with Crippen LogP contribution in [0, 0.1) is 0 Å². The van der Waals surface area contributed by atoms with Crippen molar-refractivity contribution >= 4 is 28.5 Å². The number of aryl methyl sites for hydroxylation is 1. The standard InChI is InChI=1S/C21H27N7O/c1-4-15-11-16-12-24-21(26-19(16)28(14(2)3)20(15)29)25-17-5-6-18(23-13-17)27-9-7-22-8-10-27/h5-6,11-14,22H,4,7-10H2,1-3H3,(H,24,25,26). The normalized spacial score (nSPS) is 14.6. The fourth-order valence-corrected chi connectivity index (χ4v) is 3.64. The van der Waals surface area contributed by atoms with Crippen LogP contribution in [0.4, 0.5) is 17.5 Å². The molecule has 8 nitrogen and oxygen atoms in total. The quantitative estimate of drug-likeness (QED) is 0.688. The second-order valence-electron chi connectivity index (χ2n) is 7.53. The molecular formula is C21H27N7O. The highest BCUT2D eigenvalue weighted by Gasteiger charge is 2.14. The van der Waals surface area contributed by atoms with Crippen LogP contribution in [0.15, 0.2) is 35.4 Å². The molecule has 1 saturated heterocycles. The highest BCUT2D eigenvalue weighted by Crippen LogP contribution is 2.20. The number of anilines is 3. The van der Waals surface area contributed by atoms with Gasteiger partial charge in [0.2, 0.25) is 5.95 Å². The summed E-state index contributed by atoms with van der Waals surface area (Å²) in [6, 6.07) is 5.89. The average molecular weight is 393 g/mol. The molecule has 0 aliphatic carbocycles. The van der Waals surface area contributed by atoms with Crippen LogP contribution < -0.4 is 21.1 Å². The zero-order valence-electron chi connectivity index (χ0n) is 17.1. The number of nitrogens with one attached hydrogen (secondary N) is 2. The van der Waals surface area contributed by atoms with E-state index in [1.54, 1.807) is 17.0 Å². The number of nitrogens with zero attached hydrogens (tertiary/aromatic N) is 5. The maximum Gasteiger partial charge on any atom is 0.255 e. The van der Waals surface area contributed by atoms with Crippen LogP contribution in [0.3, 0.4) is 0 Å². The SMILES string of the molecule is CCc1cc2cnc(Nc3ccc(N4CCNCC4)nc3)nc2n(C(C)C)c1=O. The predicted molar refractivity (Wildman–Crippen MR) is 116 cm³/mol. The second-order valence-corrected chi connectivity index (χ2v) is 7.53. The van der Waals surface area contributed by atoms with Gasteiger partial charge < -0.3 is 15.5 Å². The van der Waals surface area contributed by atoms with Crippen LogP contribution in [0.2, 0.25) is 0 Å². The molecule has 1 aliphatic rings. The first-order chi connectivity index (χ1) is 14.1. The summed E-state index contributed by atoms with van der Waals surface area (Å²) in [6.45, 7) is 9.84. The molecule has 0 atom stereocenters. The summed E-state index contributed by atoms with van der Waals surface area (Å²) in [4.78, 5) is 28.7. The highest BCUT2D eigenvalue weighted by atomic mass is 16.1. The Morgan fingerprint density at radius 1 is 1.17 bits per heavy atom. The molecule has 8 heteroatoms. The molecule has 29 heavy (non-hydrogen) atoms. The Morgan fingerprint density at radius 2 is 1.97 bits per heavy atom. The topological polar surface area (TPSA) is 88.0 Å². The molecule has 1 aliphatic heterocycles. The largest absolute Gasteiger partial charge is 0.354 e. The Labute approximate surface area is 170 Å². The molecule has 3 aromatic heterocycles. The number of hydrogen-bond acceptors (Lipinski definition) is 7. The van der Waals surface area contributed by atoms with E-state index >= 15 is 0 Å². The minimum absolute atomic E-state index is 0.0132. The molecule has 4 heterocycles. The Balaban J connectivity index is 1.63. The molecule has 152 valence electrons. The van der Waals surface area contributed by atoms with Crippen molar-refractivity contribution < 1.29 is 0 Å². The molecule has 0 amide bonds. The van der Waals surface area contributed by atoms with E-state index in [1.165, 1.54) is 0 Å². The summed E-state index contributed by atoms with van der Waals surface area (Å²) in [5, 5.41) is 7.42. The van der Waals surface area contributed by atoms with Gasteiger partial charge >= 0.3 is 0 Å². The van der Waals surface area contributed by atoms with E-state index in [9.17, 15) is 4.79 Å². The van der Waals surface area contributed by atoms with Gasteiger partial charge in [0.15, 0.2) is 0 Å². The fourth-order valence-electron chi connectivity index (χ4n) is 3.64. The summed E-state index contributed by atoms with van der Waals surface area (Å²) in [6.07, 6.45) is 4.25. The number of pyridine rings is 2. The first-order valence-electron chi connectivity index (χ1n) is 10.2. The number of rotatable bonds is 5. The third kappa shape index (κ3) is 3.93. The highest BCUT2D eigenvalue weighted by molar-refractivity contribution is 5.76. The summed E-state index contributed by atoms with van der Waals surface area (Å²) in [7, 11) is 0. The van der Waals surface area contributed by atoms with E-state index in [2.05, 4.69) is 30.5 Å². The number of aromatic nitrogens is 4. The fraction of sp³-hybridized carbons (Fsp3) is 0.429. The van der Waals surface area contributed by atoms with Crippen LogP contribution in [0.5, 0.6) is 0 Å². The zero-order valence-corrected chi connectivity index (χ0v) is 17.1. The van der Waals surface area contributed by atoms with Crippen molar-refractivity contribution in [3.8, 4) is 0 Å². The number of fused-ring (bicyclic) bond motifs is 1. The predicted octanol–water partition coefficient (Wildman–Crippen LogP) is 2.48. The summed E-state index contributed by atoms with van der Waals surface area (Å²) >= 11 is 0. The van der Waals surface area contributed by atoms with Crippen molar-refractivity contribution in [3.63, 3.8) is 0 Å². The molecule has 0 aromatic carbocycles. The first-order valence-corrected chi connectivity index (χ1v) is 10.2. The molecule has 3 aromatic rings. The van der Waals surface area contributed by atoms with E-state index in [1.807, 2.05) is 39.0 Å². The third-order valence-electron chi connectivity index (χ3n) is 5.19. The molecule has 0 bridgehead atoms. The van der Waals surface area contributed by atoms with Gasteiger partial charge in [-0.05, 0) is 38.5 Å². The summed E-state index contributed by atoms with van der Waals surface area (Å²) < 4.78 is 1.74. The Hall–Kier alpha value is -3.00. The van der Waals surface area contributed by atoms with Crippen molar-refractivity contribution in [2.24, 2.45) is 0 Å². The van der Waals surface area contributed by atoms with Crippen LogP contribution in [-0.4, -0.2) is 45.7 Å². The van der Waals surface area contributed by atoms with Crippen LogP contribution in [-0.2, 0) is 6.42 Å². The van der Waals surface area contributed by atoms with Gasteiger partial charge in [-0.3, -0.25) is 9.36 Å². The molecule has 4 rings (SSSR count). The van der Waals surface area contributed by atoms with Crippen molar-refractivity contribution in [2.75, 3.05) is 36.4 Å². The average Bonchev–Trinajstić information content (AvgIpc) is 2.74. The van der Waals surface area contributed by atoms with Crippen molar-refractivity contribution in [3.05, 3.63) is 46.5 Å². The van der Waals surface area contributed by atoms with Gasteiger partial charge in [0.1, 0.15) is 11.5 Å². The maximum atomic E-state index is 12.8. The Bertz CT molecular complexity index is 1050. The van der Waals surface area contributed by atoms with Crippen molar-refractivity contribution in [2.45, 2.75) is 33.2 Å². The van der Waals surface area contributed by atoms with Crippen molar-refractivity contribution in [1.29, 1.82) is 0 Å². The molecule has 0 saturated carbocycles. The molecule has 0 unspecified atom stereocenters. The van der Waals surface area contributed by atoms with Crippen LogP contribution >= 0.6 is 0 Å². The Morgan fingerprint density at radius 3 is 2.62 bits per heavy atom. The van der Waals surface area contributed by atoms with E-state index in [0.29, 0.717) is 18.0 Å². The Kier molecular flexibility index (Phi) is 5.44. The lowest BCUT2D eigenvalue weighted by atomic mass is 10.1. The molecule has 0 radical (unpaired) electrons. The van der Waals surface area contributed by atoms with E-state index in [-0.39, 0.29) is 11.6 Å². The molecule has 2 N–H and O–H groups in total. The lowest BCUT2D eigenvalue weighted by molar-refractivity contribution is 0.585. The van der Waals surface area contributed by atoms with Gasteiger partial charge in [0.05, 0.1) is 11.9 Å². The van der Waals surface area contributed by atoms with E-state index in [0.717, 1.165) is 48.6 Å². The van der Waals surface area contributed by atoms with Gasteiger partial charge in [-0.1, -0.05) is 6.92 Å². The molecule has 0 spiro atoms. The second kappa shape index (κ2) is 8.16. The lowest BCUT2D eigenvalue weighted by Crippen LogP contribution is -2.43. The van der Waals surface area contributed by atoms with Crippen LogP contribution in [0.25, 0.3) is 11.0 Å². The lowest BCUT2D eigenvalue weighted by Gasteiger charge is -2.28. The third-order valence-corrected chi connectivity index (χ3v) is 5.19. The summed E-state index contributed by atoms with van der Waals surface area (Å²) in [5.41, 5.74) is 2.25. The van der Waals surface area contributed by atoms with E-state index in [4.69, 9.17) is 0 Å². The van der Waals surface area contributed by atoms with Gasteiger partial charge in [-0.2, -0.15) is 4.98 Å². The monoisotopic (exact) mass is 393 g/mol. The van der Waals surface area contributed by atoms with E-state index < -0.39 is 0 Å². The number of piperazine rings is 1. The zero-order chi connectivity index (χ0) is 20.4. The van der Waals surface area contributed by atoms with Gasteiger partial charge in [0, 0.05) is 49.4 Å². The van der Waals surface area contributed by atoms with Gasteiger partial charge in [-0.25, -0.2) is 9.97 Å². The van der Waals surface area contributed by atoms with Gasteiger partial charge in [-0.15, -0.1) is 0 Å². The smallest absolute Gasteiger partial charge is 0.255 e.